The van der Waals surface area contributed by atoms with Gasteiger partial charge in [-0.05, 0) is 118 Å². The van der Waals surface area contributed by atoms with E-state index in [0.717, 1.165) is 12.0 Å². The molecule has 0 saturated carbocycles. The van der Waals surface area contributed by atoms with Crippen LogP contribution in [-0.4, -0.2) is 15.7 Å². The van der Waals surface area contributed by atoms with Gasteiger partial charge in [0.05, 0.1) is 0 Å². The molecule has 0 bridgehead atoms. The molecule has 0 aromatic heterocycles. The number of fused-ring (bicyclic) bond motifs is 4. The van der Waals surface area contributed by atoms with Crippen molar-refractivity contribution in [2.45, 2.75) is 112 Å². The maximum Gasteiger partial charge on any atom is 0.0399 e. The summed E-state index contributed by atoms with van der Waals surface area (Å²) in [7, 11) is -1.23. The fraction of sp³-hybridized carbons (Fsp3) is 0.309. The van der Waals surface area contributed by atoms with E-state index in [4.69, 9.17) is 0 Å². The normalized spacial score (nSPS) is 12.0. The Bertz CT molecular complexity index is 2500. The van der Waals surface area contributed by atoms with Gasteiger partial charge >= 0.3 is 0 Å². The molecule has 0 fully saturated rings. The minimum absolute atomic E-state index is 0.509. The Morgan fingerprint density at radius 3 is 1.41 bits per heavy atom. The minimum Gasteiger partial charge on any atom is -0.170 e. The van der Waals surface area contributed by atoms with E-state index >= 15 is 0 Å². The van der Waals surface area contributed by atoms with Gasteiger partial charge in [0, 0.05) is 17.6 Å². The Kier molecular flexibility index (Phi) is 15.9. The Hall–Kier alpha value is -4.95. The van der Waals surface area contributed by atoms with E-state index in [1.165, 1.54) is 70.9 Å². The third kappa shape index (κ3) is 9.02. The van der Waals surface area contributed by atoms with Crippen LogP contribution in [0.2, 0.25) is 0 Å². The van der Waals surface area contributed by atoms with Gasteiger partial charge in [-0.25, -0.2) is 0 Å². The third-order valence-electron chi connectivity index (χ3n) is 10.5. The smallest absolute Gasteiger partial charge is 0.0399 e. The van der Waals surface area contributed by atoms with E-state index < -0.39 is 10.0 Å². The van der Waals surface area contributed by atoms with Crippen LogP contribution in [0, 0.1) is 23.0 Å². The fourth-order valence-corrected chi connectivity index (χ4v) is 12.3. The summed E-state index contributed by atoms with van der Waals surface area (Å²) in [6.07, 6.45) is 0.771. The molecule has 0 saturated heterocycles. The molecule has 56 heavy (non-hydrogen) atoms. The van der Waals surface area contributed by atoms with Gasteiger partial charge in [0.15, 0.2) is 0 Å². The maximum absolute atomic E-state index is 4.04. The Labute approximate surface area is 341 Å². The molecule has 0 heterocycles. The van der Waals surface area contributed by atoms with Crippen molar-refractivity contribution in [2.75, 3.05) is 0 Å². The molecular formula is C55H64S. The largest absolute Gasteiger partial charge is 0.170 e. The van der Waals surface area contributed by atoms with Gasteiger partial charge in [0.2, 0.25) is 0 Å². The molecule has 290 valence electrons. The van der Waals surface area contributed by atoms with Gasteiger partial charge in [-0.1, -0.05) is 192 Å². The highest BCUT2D eigenvalue weighted by Crippen LogP contribution is 2.59. The zero-order chi connectivity index (χ0) is 41.0. The van der Waals surface area contributed by atoms with Gasteiger partial charge in [0.1, 0.15) is 0 Å². The Morgan fingerprint density at radius 1 is 0.464 bits per heavy atom. The van der Waals surface area contributed by atoms with Crippen molar-refractivity contribution in [3.63, 3.8) is 0 Å². The Balaban J connectivity index is 0.00000111. The molecule has 1 aliphatic carbocycles. The second kappa shape index (κ2) is 20.3. The van der Waals surface area contributed by atoms with E-state index in [2.05, 4.69) is 186 Å². The highest BCUT2D eigenvalue weighted by molar-refractivity contribution is 8.38. The number of rotatable bonds is 5. The quantitative estimate of drug-likeness (QED) is 0.154. The lowest BCUT2D eigenvalue weighted by Crippen LogP contribution is -2.29. The fourth-order valence-electron chi connectivity index (χ4n) is 8.01. The number of hydrogen-bond acceptors (Lipinski definition) is 0. The first-order chi connectivity index (χ1) is 27.2. The summed E-state index contributed by atoms with van der Waals surface area (Å²) in [5.41, 5.74) is 9.60. The molecule has 0 radical (unpaired) electrons. The molecule has 0 nitrogen and oxygen atoms in total. The average Bonchev–Trinajstić information content (AvgIpc) is 3.36. The highest BCUT2D eigenvalue weighted by Gasteiger charge is 2.33. The van der Waals surface area contributed by atoms with Crippen LogP contribution in [-0.2, 0) is 6.42 Å². The molecule has 1 aliphatic rings. The molecule has 1 heteroatoms. The summed E-state index contributed by atoms with van der Waals surface area (Å²) in [4.78, 5) is 0. The topological polar surface area (TPSA) is 0 Å². The first-order valence-electron chi connectivity index (χ1n) is 20.9. The lowest BCUT2D eigenvalue weighted by molar-refractivity contribution is 0.959. The molecule has 0 amide bonds. The molecule has 6 aromatic rings. The molecular weight excluding hydrogens is 693 g/mol. The summed E-state index contributed by atoms with van der Waals surface area (Å²) in [6.45, 7) is 28.2. The van der Waals surface area contributed by atoms with Crippen molar-refractivity contribution in [3.05, 3.63) is 143 Å². The average molecular weight is 757 g/mol. The molecule has 0 aliphatic heterocycles. The SMILES string of the molecule is CC.CC.CC.CC#CC1=c2ccc(-c3ccc4ccccc4c3)cc2=C(C#CS(C(C)C)(C(C)C)C(C)C)Cc2ccc(-c3ccc4ccccc4c3)cc21. The lowest BCUT2D eigenvalue weighted by atomic mass is 9.92. The van der Waals surface area contributed by atoms with Crippen molar-refractivity contribution >= 4 is 42.7 Å². The standard InChI is InChI=1S/C49H46S.3C2H6/c1-8-13-46-47-25-24-43(41-21-19-37-15-10-12-17-39(37)29-41)32-49(47)45(26-27-50(33(2)3,34(4)5)35(6)7)30-44-23-22-42(31-48(44)46)40-20-18-36-14-9-11-16-38(36)28-40;3*1-2/h9-12,14-25,28-29,31-35H,30H2,1-7H3;3*1-2H3. The summed E-state index contributed by atoms with van der Waals surface area (Å²) >= 11 is 0. The van der Waals surface area contributed by atoms with Gasteiger partial charge in [-0.2, -0.15) is 10.0 Å². The molecule has 6 aromatic carbocycles. The summed E-state index contributed by atoms with van der Waals surface area (Å²) < 4.78 is 0. The van der Waals surface area contributed by atoms with Crippen molar-refractivity contribution in [1.29, 1.82) is 0 Å². The molecule has 0 unspecified atom stereocenters. The van der Waals surface area contributed by atoms with E-state index in [0.29, 0.717) is 15.7 Å². The monoisotopic (exact) mass is 756 g/mol. The minimum atomic E-state index is -1.23. The summed E-state index contributed by atoms with van der Waals surface area (Å²) in [5.74, 6) is 10.8. The maximum atomic E-state index is 4.04. The van der Waals surface area contributed by atoms with Crippen LogP contribution in [0.5, 0.6) is 0 Å². The van der Waals surface area contributed by atoms with Crippen LogP contribution < -0.4 is 10.4 Å². The third-order valence-corrected chi connectivity index (χ3v) is 15.6. The number of hydrogen-bond donors (Lipinski definition) is 0. The first-order valence-corrected chi connectivity index (χ1v) is 22.8. The van der Waals surface area contributed by atoms with Crippen molar-refractivity contribution in [3.8, 4) is 45.3 Å². The van der Waals surface area contributed by atoms with Crippen molar-refractivity contribution < 1.29 is 0 Å². The molecule has 0 spiro atoms. The second-order valence-electron chi connectivity index (χ2n) is 14.3. The zero-order valence-corrected chi connectivity index (χ0v) is 37.2. The van der Waals surface area contributed by atoms with E-state index in [9.17, 15) is 0 Å². The van der Waals surface area contributed by atoms with Crippen molar-refractivity contribution in [1.82, 2.24) is 0 Å². The van der Waals surface area contributed by atoms with Crippen LogP contribution >= 0.6 is 10.0 Å². The van der Waals surface area contributed by atoms with Crippen LogP contribution in [0.4, 0.5) is 0 Å². The predicted molar refractivity (Wildman–Crippen MR) is 256 cm³/mol. The predicted octanol–water partition coefficient (Wildman–Crippen LogP) is 14.3. The van der Waals surface area contributed by atoms with Crippen LogP contribution in [0.15, 0.2) is 121 Å². The van der Waals surface area contributed by atoms with E-state index in [1.807, 2.05) is 48.5 Å². The molecule has 7 rings (SSSR count). The highest BCUT2D eigenvalue weighted by atomic mass is 32.3. The number of benzene rings is 6. The summed E-state index contributed by atoms with van der Waals surface area (Å²) in [6, 6.07) is 44.7. The van der Waals surface area contributed by atoms with Crippen LogP contribution in [0.3, 0.4) is 0 Å². The zero-order valence-electron chi connectivity index (χ0n) is 36.4. The molecule has 0 atom stereocenters. The van der Waals surface area contributed by atoms with Gasteiger partial charge in [-0.15, -0.1) is 5.92 Å². The van der Waals surface area contributed by atoms with Gasteiger partial charge < -0.3 is 0 Å². The van der Waals surface area contributed by atoms with Crippen molar-refractivity contribution in [2.24, 2.45) is 0 Å². The Morgan fingerprint density at radius 2 is 0.911 bits per heavy atom. The first kappa shape index (κ1) is 43.8. The molecule has 0 N–H and O–H groups in total. The van der Waals surface area contributed by atoms with Crippen LogP contribution in [0.25, 0.3) is 54.9 Å². The second-order valence-corrected chi connectivity index (χ2v) is 18.9. The van der Waals surface area contributed by atoms with Gasteiger partial charge in [-0.3, -0.25) is 0 Å². The lowest BCUT2D eigenvalue weighted by Gasteiger charge is -2.46. The summed E-state index contributed by atoms with van der Waals surface area (Å²) in [5, 5.41) is 12.9. The van der Waals surface area contributed by atoms with Crippen LogP contribution in [0.1, 0.15) is 101 Å². The van der Waals surface area contributed by atoms with E-state index in [-0.39, 0.29) is 0 Å². The van der Waals surface area contributed by atoms with E-state index in [1.54, 1.807) is 0 Å². The van der Waals surface area contributed by atoms with Gasteiger partial charge in [0.25, 0.3) is 0 Å².